The number of H-pyrrole nitrogens is 1. The summed E-state index contributed by atoms with van der Waals surface area (Å²) in [5.41, 5.74) is 6.85. The minimum atomic E-state index is -3.60. The number of rotatable bonds is 2. The maximum Gasteiger partial charge on any atom is 0.349 e. The minimum absolute atomic E-state index is 0.0877. The third kappa shape index (κ3) is 2.63. The zero-order valence-electron chi connectivity index (χ0n) is 13.9. The fraction of sp³-hybridized carbons (Fsp3) is 0.250. The fourth-order valence-corrected chi connectivity index (χ4v) is 4.36. The van der Waals surface area contributed by atoms with E-state index < -0.39 is 21.8 Å². The molecule has 1 atom stereocenters. The van der Waals surface area contributed by atoms with Crippen LogP contribution in [0.15, 0.2) is 35.1 Å². The Morgan fingerprint density at radius 2 is 2.12 bits per heavy atom. The zero-order valence-corrected chi connectivity index (χ0v) is 14.7. The van der Waals surface area contributed by atoms with Crippen LogP contribution in [0.3, 0.4) is 0 Å². The predicted molar refractivity (Wildman–Crippen MR) is 96.8 cm³/mol. The molecule has 3 heterocycles. The third-order valence-electron chi connectivity index (χ3n) is 4.26. The number of ether oxygens (including phenoxy) is 1. The van der Waals surface area contributed by atoms with Crippen molar-refractivity contribution in [3.63, 3.8) is 0 Å². The van der Waals surface area contributed by atoms with Gasteiger partial charge in [0.15, 0.2) is 0 Å². The number of nitrogens with one attached hydrogen (secondary N) is 2. The molecule has 2 aromatic heterocycles. The fourth-order valence-electron chi connectivity index (χ4n) is 3.29. The number of nitrogens with zero attached hydrogens (tertiary/aromatic N) is 2. The highest BCUT2D eigenvalue weighted by Gasteiger charge is 2.31. The van der Waals surface area contributed by atoms with Gasteiger partial charge in [-0.2, -0.15) is 4.98 Å². The second-order valence-electron chi connectivity index (χ2n) is 6.07. The zero-order chi connectivity index (χ0) is 18.5. The molecule has 0 aliphatic carbocycles. The summed E-state index contributed by atoms with van der Waals surface area (Å²) in [6.45, 7) is 0.707. The quantitative estimate of drug-likeness (QED) is 0.582. The maximum absolute atomic E-state index is 12.5. The molecule has 4 rings (SSSR count). The van der Waals surface area contributed by atoms with Gasteiger partial charge in [-0.15, -0.1) is 0 Å². The SMILES string of the molecule is CS(=O)(=O)n1c(C2NCCOc3nc(=O)[nH]c(N)c32)cc2ccccc21. The van der Waals surface area contributed by atoms with E-state index >= 15 is 0 Å². The number of hydrogen-bond acceptors (Lipinski definition) is 7. The van der Waals surface area contributed by atoms with Gasteiger partial charge < -0.3 is 15.8 Å². The van der Waals surface area contributed by atoms with Crippen LogP contribution in [-0.4, -0.2) is 41.8 Å². The minimum Gasteiger partial charge on any atom is -0.476 e. The van der Waals surface area contributed by atoms with E-state index in [1.165, 1.54) is 3.97 Å². The number of hydrogen-bond donors (Lipinski definition) is 3. The Kier molecular flexibility index (Phi) is 3.74. The van der Waals surface area contributed by atoms with Crippen LogP contribution in [0.2, 0.25) is 0 Å². The molecule has 4 N–H and O–H groups in total. The van der Waals surface area contributed by atoms with E-state index in [-0.39, 0.29) is 18.3 Å². The predicted octanol–water partition coefficient (Wildman–Crippen LogP) is 0.186. The number of benzene rings is 1. The van der Waals surface area contributed by atoms with Crippen molar-refractivity contribution in [1.82, 2.24) is 19.3 Å². The lowest BCUT2D eigenvalue weighted by atomic mass is 10.1. The van der Waals surface area contributed by atoms with E-state index in [1.807, 2.05) is 12.1 Å². The molecular formula is C16H17N5O4S. The van der Waals surface area contributed by atoms with E-state index in [0.29, 0.717) is 23.3 Å². The smallest absolute Gasteiger partial charge is 0.349 e. The molecule has 1 aliphatic rings. The number of aromatic amines is 1. The van der Waals surface area contributed by atoms with Gasteiger partial charge in [-0.1, -0.05) is 18.2 Å². The Morgan fingerprint density at radius 1 is 1.35 bits per heavy atom. The molecule has 0 saturated carbocycles. The molecule has 0 radical (unpaired) electrons. The van der Waals surface area contributed by atoms with Crippen molar-refractivity contribution in [2.45, 2.75) is 6.04 Å². The summed E-state index contributed by atoms with van der Waals surface area (Å²) in [6, 6.07) is 8.36. The van der Waals surface area contributed by atoms with Gasteiger partial charge in [0.1, 0.15) is 12.4 Å². The van der Waals surface area contributed by atoms with Gasteiger partial charge in [-0.3, -0.25) is 4.98 Å². The van der Waals surface area contributed by atoms with Crippen molar-refractivity contribution >= 4 is 26.7 Å². The van der Waals surface area contributed by atoms with E-state index in [9.17, 15) is 13.2 Å². The number of anilines is 1. The second kappa shape index (κ2) is 5.85. The van der Waals surface area contributed by atoms with Crippen LogP contribution in [-0.2, 0) is 10.0 Å². The number of nitrogen functional groups attached to an aromatic ring is 1. The van der Waals surface area contributed by atoms with Crippen LogP contribution in [0.4, 0.5) is 5.82 Å². The standard InChI is InChI=1S/C16H17N5O4S/c1-26(23,24)21-10-5-3-2-4-9(10)8-11(21)13-12-14(17)19-16(22)20-15(12)25-7-6-18-13/h2-5,8,13,18H,6-7H2,1H3,(H3,17,19,20,22). The van der Waals surface area contributed by atoms with Crippen LogP contribution < -0.4 is 21.5 Å². The number of aromatic nitrogens is 3. The third-order valence-corrected chi connectivity index (χ3v) is 5.33. The van der Waals surface area contributed by atoms with E-state index in [2.05, 4.69) is 15.3 Å². The Morgan fingerprint density at radius 3 is 2.88 bits per heavy atom. The molecule has 1 aliphatic heterocycles. The van der Waals surface area contributed by atoms with Gasteiger partial charge in [0, 0.05) is 11.9 Å². The normalized spacial score (nSPS) is 17.5. The monoisotopic (exact) mass is 375 g/mol. The van der Waals surface area contributed by atoms with E-state index in [0.717, 1.165) is 11.6 Å². The van der Waals surface area contributed by atoms with E-state index in [4.69, 9.17) is 10.5 Å². The molecule has 1 aromatic carbocycles. The first-order chi connectivity index (χ1) is 12.4. The average molecular weight is 375 g/mol. The summed E-state index contributed by atoms with van der Waals surface area (Å²) < 4.78 is 31.8. The van der Waals surface area contributed by atoms with Crippen molar-refractivity contribution in [3.05, 3.63) is 52.1 Å². The average Bonchev–Trinajstić information content (AvgIpc) is 2.82. The molecule has 3 aromatic rings. The number of para-hydroxylation sites is 1. The molecule has 136 valence electrons. The lowest BCUT2D eigenvalue weighted by molar-refractivity contribution is 0.312. The molecule has 0 amide bonds. The molecule has 1 unspecified atom stereocenters. The molecule has 9 nitrogen and oxygen atoms in total. The topological polar surface area (TPSA) is 132 Å². The van der Waals surface area contributed by atoms with Gasteiger partial charge >= 0.3 is 5.69 Å². The lowest BCUT2D eigenvalue weighted by Crippen LogP contribution is -2.28. The molecular weight excluding hydrogens is 358 g/mol. The van der Waals surface area contributed by atoms with Crippen molar-refractivity contribution in [3.8, 4) is 5.88 Å². The summed E-state index contributed by atoms with van der Waals surface area (Å²) in [6.07, 6.45) is 1.14. The molecule has 26 heavy (non-hydrogen) atoms. The van der Waals surface area contributed by atoms with Gasteiger partial charge in [-0.05, 0) is 12.1 Å². The van der Waals surface area contributed by atoms with Crippen LogP contribution in [0, 0.1) is 0 Å². The Labute approximate surface area is 148 Å². The Bertz CT molecular complexity index is 1170. The lowest BCUT2D eigenvalue weighted by Gasteiger charge is -2.20. The first-order valence-electron chi connectivity index (χ1n) is 7.93. The van der Waals surface area contributed by atoms with Crippen molar-refractivity contribution in [2.24, 2.45) is 0 Å². The van der Waals surface area contributed by atoms with Crippen LogP contribution in [0.1, 0.15) is 17.3 Å². The summed E-state index contributed by atoms with van der Waals surface area (Å²) in [7, 11) is -3.60. The summed E-state index contributed by atoms with van der Waals surface area (Å²) in [5, 5.41) is 4.01. The van der Waals surface area contributed by atoms with Crippen LogP contribution >= 0.6 is 0 Å². The molecule has 0 saturated heterocycles. The van der Waals surface area contributed by atoms with Crippen LogP contribution in [0.5, 0.6) is 5.88 Å². The number of fused-ring (bicyclic) bond motifs is 2. The highest BCUT2D eigenvalue weighted by atomic mass is 32.2. The maximum atomic E-state index is 12.5. The van der Waals surface area contributed by atoms with Gasteiger partial charge in [0.25, 0.3) is 0 Å². The summed E-state index contributed by atoms with van der Waals surface area (Å²) in [4.78, 5) is 17.9. The summed E-state index contributed by atoms with van der Waals surface area (Å²) >= 11 is 0. The first-order valence-corrected chi connectivity index (χ1v) is 9.78. The molecule has 0 spiro atoms. The van der Waals surface area contributed by atoms with E-state index in [1.54, 1.807) is 18.2 Å². The summed E-state index contributed by atoms with van der Waals surface area (Å²) in [5.74, 6) is 0.191. The Balaban J connectivity index is 2.04. The van der Waals surface area contributed by atoms with Crippen molar-refractivity contribution in [1.29, 1.82) is 0 Å². The van der Waals surface area contributed by atoms with Gasteiger partial charge in [-0.25, -0.2) is 17.2 Å². The second-order valence-corrected chi connectivity index (χ2v) is 7.90. The highest BCUT2D eigenvalue weighted by molar-refractivity contribution is 7.89. The molecule has 10 heteroatoms. The first kappa shape index (κ1) is 16.6. The number of nitrogens with two attached hydrogens (primary N) is 1. The molecule has 0 bridgehead atoms. The van der Waals surface area contributed by atoms with Gasteiger partial charge in [0.05, 0.1) is 29.1 Å². The van der Waals surface area contributed by atoms with Crippen molar-refractivity contribution in [2.75, 3.05) is 25.1 Å². The molecule has 0 fully saturated rings. The Hall–Kier alpha value is -2.85. The largest absolute Gasteiger partial charge is 0.476 e. The van der Waals surface area contributed by atoms with Gasteiger partial charge in [0.2, 0.25) is 15.9 Å². The highest BCUT2D eigenvalue weighted by Crippen LogP contribution is 2.36. The van der Waals surface area contributed by atoms with Crippen molar-refractivity contribution < 1.29 is 13.2 Å². The van der Waals surface area contributed by atoms with Crippen LogP contribution in [0.25, 0.3) is 10.9 Å².